The molecule has 148 valence electrons. The second-order valence-corrected chi connectivity index (χ2v) is 8.58. The highest BCUT2D eigenvalue weighted by Gasteiger charge is 2.29. The summed E-state index contributed by atoms with van der Waals surface area (Å²) in [5.41, 5.74) is 0.941. The Morgan fingerprint density at radius 3 is 2.41 bits per heavy atom. The molecule has 9 heteroatoms. The number of hydrogen-bond acceptors (Lipinski definition) is 6. The molecule has 0 bridgehead atoms. The van der Waals surface area contributed by atoms with E-state index in [-0.39, 0.29) is 48.9 Å². The van der Waals surface area contributed by atoms with Gasteiger partial charge in [-0.15, -0.1) is 0 Å². The predicted octanol–water partition coefficient (Wildman–Crippen LogP) is 0.910. The molecule has 2 amide bonds. The van der Waals surface area contributed by atoms with Crippen molar-refractivity contribution in [2.75, 3.05) is 29.6 Å². The van der Waals surface area contributed by atoms with Crippen LogP contribution in [-0.4, -0.2) is 56.9 Å². The molecule has 1 N–H and O–H groups in total. The number of benzene rings is 1. The quantitative estimate of drug-likeness (QED) is 0.686. The number of carbonyl (C=O) groups is 3. The summed E-state index contributed by atoms with van der Waals surface area (Å²) in [5.74, 6) is -0.930. The highest BCUT2D eigenvalue weighted by molar-refractivity contribution is 7.91. The molecular weight excluding hydrogens is 372 g/mol. The van der Waals surface area contributed by atoms with E-state index in [0.29, 0.717) is 17.7 Å². The van der Waals surface area contributed by atoms with Crippen LogP contribution in [0.25, 0.3) is 0 Å². The van der Waals surface area contributed by atoms with Crippen molar-refractivity contribution in [3.05, 3.63) is 29.8 Å². The van der Waals surface area contributed by atoms with Crippen LogP contribution >= 0.6 is 0 Å². The van der Waals surface area contributed by atoms with Gasteiger partial charge in [0.25, 0.3) is 0 Å². The second kappa shape index (κ2) is 8.98. The van der Waals surface area contributed by atoms with Gasteiger partial charge >= 0.3 is 5.97 Å². The molecule has 1 aliphatic rings. The first kappa shape index (κ1) is 20.9. The van der Waals surface area contributed by atoms with Gasteiger partial charge in [0.2, 0.25) is 11.8 Å². The fraction of sp³-hybridized carbons (Fsp3) is 0.500. The van der Waals surface area contributed by atoms with Crippen LogP contribution in [0.4, 0.5) is 5.69 Å². The minimum Gasteiger partial charge on any atom is -0.462 e. The molecule has 1 saturated heterocycles. The molecule has 0 saturated carbocycles. The van der Waals surface area contributed by atoms with Crippen molar-refractivity contribution < 1.29 is 27.5 Å². The number of esters is 1. The van der Waals surface area contributed by atoms with E-state index in [1.807, 2.05) is 0 Å². The van der Waals surface area contributed by atoms with Crippen LogP contribution in [0.5, 0.6) is 0 Å². The number of carbonyl (C=O) groups excluding carboxylic acids is 3. The maximum absolute atomic E-state index is 12.1. The van der Waals surface area contributed by atoms with Crippen molar-refractivity contribution in [3.8, 4) is 0 Å². The monoisotopic (exact) mass is 396 g/mol. The maximum Gasteiger partial charge on any atom is 0.338 e. The Morgan fingerprint density at radius 2 is 1.89 bits per heavy atom. The third-order valence-corrected chi connectivity index (χ3v) is 6.00. The second-order valence-electron chi connectivity index (χ2n) is 6.36. The zero-order valence-electron chi connectivity index (χ0n) is 15.4. The molecule has 1 aromatic rings. The molecular formula is C18H24N2O6S. The number of nitrogens with zero attached hydrogens (tertiary/aromatic N) is 1. The summed E-state index contributed by atoms with van der Waals surface area (Å²) in [4.78, 5) is 37.1. The molecule has 0 spiro atoms. The zero-order valence-corrected chi connectivity index (χ0v) is 16.3. The van der Waals surface area contributed by atoms with Gasteiger partial charge in [0, 0.05) is 31.6 Å². The fourth-order valence-corrected chi connectivity index (χ4v) is 4.56. The Bertz CT molecular complexity index is 804. The van der Waals surface area contributed by atoms with E-state index in [2.05, 4.69) is 5.32 Å². The van der Waals surface area contributed by atoms with Gasteiger partial charge in [0.15, 0.2) is 9.84 Å². The van der Waals surface area contributed by atoms with Crippen molar-refractivity contribution in [1.29, 1.82) is 0 Å². The summed E-state index contributed by atoms with van der Waals surface area (Å²) >= 11 is 0. The van der Waals surface area contributed by atoms with Gasteiger partial charge in [-0.1, -0.05) is 0 Å². The number of rotatable bonds is 7. The lowest BCUT2D eigenvalue weighted by Gasteiger charge is -2.21. The molecule has 1 fully saturated rings. The van der Waals surface area contributed by atoms with Crippen molar-refractivity contribution in [3.63, 3.8) is 0 Å². The predicted molar refractivity (Wildman–Crippen MR) is 100 cm³/mol. The highest BCUT2D eigenvalue weighted by Crippen LogP contribution is 2.17. The number of amides is 2. The third kappa shape index (κ3) is 6.06. The molecule has 1 aliphatic heterocycles. The average molecular weight is 396 g/mol. The molecule has 2 rings (SSSR count). The minimum atomic E-state index is -3.06. The summed E-state index contributed by atoms with van der Waals surface area (Å²) in [6.07, 6.45) is 0.468. The van der Waals surface area contributed by atoms with Gasteiger partial charge in [-0.2, -0.15) is 0 Å². The van der Waals surface area contributed by atoms with E-state index in [9.17, 15) is 22.8 Å². The summed E-state index contributed by atoms with van der Waals surface area (Å²) in [6, 6.07) is 6.00. The number of hydrogen-bond donors (Lipinski definition) is 1. The lowest BCUT2D eigenvalue weighted by Crippen LogP contribution is -2.38. The Morgan fingerprint density at radius 1 is 1.22 bits per heavy atom. The average Bonchev–Trinajstić information content (AvgIpc) is 2.94. The van der Waals surface area contributed by atoms with E-state index >= 15 is 0 Å². The van der Waals surface area contributed by atoms with Crippen molar-refractivity contribution >= 4 is 33.3 Å². The van der Waals surface area contributed by atoms with Crippen LogP contribution in [0.3, 0.4) is 0 Å². The molecule has 27 heavy (non-hydrogen) atoms. The van der Waals surface area contributed by atoms with Gasteiger partial charge in [-0.25, -0.2) is 13.2 Å². The van der Waals surface area contributed by atoms with Crippen molar-refractivity contribution in [2.45, 2.75) is 32.7 Å². The topological polar surface area (TPSA) is 110 Å². The molecule has 8 nitrogen and oxygen atoms in total. The Kier molecular flexibility index (Phi) is 6.95. The number of anilines is 1. The van der Waals surface area contributed by atoms with E-state index in [1.54, 1.807) is 31.2 Å². The van der Waals surface area contributed by atoms with Gasteiger partial charge < -0.3 is 15.0 Å². The van der Waals surface area contributed by atoms with Crippen molar-refractivity contribution in [1.82, 2.24) is 5.32 Å². The standard InChI is InChI=1S/C18H24N2O6S/c1-3-26-18(23)14-4-6-16(7-5-14)20(13(2)21)10-8-17(22)19-15-9-11-27(24,25)12-15/h4-7,15H,3,8-12H2,1-2H3,(H,19,22). The lowest BCUT2D eigenvalue weighted by molar-refractivity contribution is -0.121. The molecule has 1 aromatic carbocycles. The summed E-state index contributed by atoms with van der Waals surface area (Å²) < 4.78 is 27.8. The van der Waals surface area contributed by atoms with Crippen LogP contribution in [0.1, 0.15) is 37.0 Å². The van der Waals surface area contributed by atoms with E-state index in [0.717, 1.165) is 0 Å². The van der Waals surface area contributed by atoms with Gasteiger partial charge in [0.1, 0.15) is 0 Å². The van der Waals surface area contributed by atoms with Gasteiger partial charge in [0.05, 0.1) is 23.7 Å². The molecule has 1 unspecified atom stereocenters. The number of ether oxygens (including phenoxy) is 1. The Balaban J connectivity index is 1.94. The summed E-state index contributed by atoms with van der Waals surface area (Å²) in [6.45, 7) is 3.54. The van der Waals surface area contributed by atoms with Crippen LogP contribution in [0.2, 0.25) is 0 Å². The van der Waals surface area contributed by atoms with E-state index in [4.69, 9.17) is 4.74 Å². The Labute approximate surface area is 158 Å². The first-order chi connectivity index (χ1) is 12.7. The fourth-order valence-electron chi connectivity index (χ4n) is 2.88. The smallest absolute Gasteiger partial charge is 0.338 e. The first-order valence-electron chi connectivity index (χ1n) is 8.77. The zero-order chi connectivity index (χ0) is 20.0. The van der Waals surface area contributed by atoms with E-state index < -0.39 is 15.8 Å². The van der Waals surface area contributed by atoms with Crippen LogP contribution < -0.4 is 10.2 Å². The third-order valence-electron chi connectivity index (χ3n) is 4.23. The van der Waals surface area contributed by atoms with Crippen LogP contribution in [-0.2, 0) is 24.2 Å². The summed E-state index contributed by atoms with van der Waals surface area (Å²) in [7, 11) is -3.06. The molecule has 0 aromatic heterocycles. The molecule has 0 radical (unpaired) electrons. The molecule has 0 aliphatic carbocycles. The van der Waals surface area contributed by atoms with Crippen molar-refractivity contribution in [2.24, 2.45) is 0 Å². The summed E-state index contributed by atoms with van der Waals surface area (Å²) in [5, 5.41) is 2.70. The van der Waals surface area contributed by atoms with Crippen LogP contribution in [0.15, 0.2) is 24.3 Å². The van der Waals surface area contributed by atoms with E-state index in [1.165, 1.54) is 11.8 Å². The first-order valence-corrected chi connectivity index (χ1v) is 10.6. The van der Waals surface area contributed by atoms with Crippen LogP contribution in [0, 0.1) is 0 Å². The number of sulfone groups is 1. The molecule has 1 atom stereocenters. The largest absolute Gasteiger partial charge is 0.462 e. The highest BCUT2D eigenvalue weighted by atomic mass is 32.2. The SMILES string of the molecule is CCOC(=O)c1ccc(N(CCC(=O)NC2CCS(=O)(=O)C2)C(C)=O)cc1. The maximum atomic E-state index is 12.1. The van der Waals surface area contributed by atoms with Gasteiger partial charge in [-0.3, -0.25) is 9.59 Å². The lowest BCUT2D eigenvalue weighted by atomic mass is 10.2. The number of nitrogens with one attached hydrogen (secondary N) is 1. The normalized spacial score (nSPS) is 17.9. The minimum absolute atomic E-state index is 0.0372. The molecule has 1 heterocycles. The Hall–Kier alpha value is -2.42. The van der Waals surface area contributed by atoms with Gasteiger partial charge in [-0.05, 0) is 37.6 Å².